The highest BCUT2D eigenvalue weighted by Crippen LogP contribution is 2.25. The second-order valence-corrected chi connectivity index (χ2v) is 6.24. The van der Waals surface area contributed by atoms with E-state index in [9.17, 15) is 4.79 Å². The Bertz CT molecular complexity index is 477. The third kappa shape index (κ3) is 4.71. The molecule has 1 aliphatic rings. The maximum Gasteiger partial charge on any atom is 0.242 e. The van der Waals surface area contributed by atoms with E-state index in [1.807, 2.05) is 24.3 Å². The molecule has 128 valence electrons. The van der Waals surface area contributed by atoms with Crippen LogP contribution in [-0.4, -0.2) is 37.0 Å². The Labute approximate surface area is 140 Å². The summed E-state index contributed by atoms with van der Waals surface area (Å²) in [5.74, 6) is 0.950. The zero-order chi connectivity index (χ0) is 16.7. The minimum absolute atomic E-state index is 0.130. The van der Waals surface area contributed by atoms with Crippen molar-refractivity contribution in [2.24, 2.45) is 0 Å². The molecule has 1 fully saturated rings. The van der Waals surface area contributed by atoms with E-state index >= 15 is 0 Å². The summed E-state index contributed by atoms with van der Waals surface area (Å²) in [5, 5.41) is 3.28. The first kappa shape index (κ1) is 17.8. The maximum absolute atomic E-state index is 12.9. The van der Waals surface area contributed by atoms with Gasteiger partial charge >= 0.3 is 0 Å². The second-order valence-electron chi connectivity index (χ2n) is 6.24. The van der Waals surface area contributed by atoms with Crippen LogP contribution < -0.4 is 10.1 Å². The number of amides is 1. The largest absolute Gasteiger partial charge is 0.497 e. The molecule has 4 nitrogen and oxygen atoms in total. The molecule has 0 radical (unpaired) electrons. The van der Waals surface area contributed by atoms with Crippen LogP contribution in [0.1, 0.15) is 57.6 Å². The number of carbonyl (C=O) groups excluding carboxylic acids is 1. The van der Waals surface area contributed by atoms with Gasteiger partial charge in [-0.2, -0.15) is 0 Å². The summed E-state index contributed by atoms with van der Waals surface area (Å²) >= 11 is 0. The number of nitrogens with one attached hydrogen (secondary N) is 1. The van der Waals surface area contributed by atoms with Gasteiger partial charge in [0, 0.05) is 6.04 Å². The monoisotopic (exact) mass is 318 g/mol. The topological polar surface area (TPSA) is 41.6 Å². The highest BCUT2D eigenvalue weighted by molar-refractivity contribution is 5.83. The van der Waals surface area contributed by atoms with Crippen molar-refractivity contribution in [2.75, 3.05) is 20.2 Å². The zero-order valence-corrected chi connectivity index (χ0v) is 14.7. The van der Waals surface area contributed by atoms with E-state index < -0.39 is 0 Å². The van der Waals surface area contributed by atoms with Crippen LogP contribution in [0.2, 0.25) is 0 Å². The Morgan fingerprint density at radius 1 is 1.17 bits per heavy atom. The lowest BCUT2D eigenvalue weighted by atomic mass is 9.94. The molecule has 0 bridgehead atoms. The molecule has 0 unspecified atom stereocenters. The third-order valence-corrected chi connectivity index (χ3v) is 4.81. The quantitative estimate of drug-likeness (QED) is 0.836. The number of benzene rings is 1. The molecule has 0 saturated heterocycles. The first-order valence-corrected chi connectivity index (χ1v) is 8.88. The summed E-state index contributed by atoms with van der Waals surface area (Å²) in [7, 11) is 1.66. The maximum atomic E-state index is 12.9. The molecule has 1 aromatic rings. The van der Waals surface area contributed by atoms with Crippen LogP contribution in [0.15, 0.2) is 24.3 Å². The lowest BCUT2D eigenvalue weighted by Gasteiger charge is -2.31. The average molecular weight is 318 g/mol. The van der Waals surface area contributed by atoms with Crippen LogP contribution >= 0.6 is 0 Å². The van der Waals surface area contributed by atoms with Gasteiger partial charge in [-0.1, -0.05) is 45.2 Å². The molecule has 1 aliphatic carbocycles. The number of nitrogens with zero attached hydrogens (tertiary/aromatic N) is 1. The van der Waals surface area contributed by atoms with Gasteiger partial charge in [-0.15, -0.1) is 0 Å². The van der Waals surface area contributed by atoms with Crippen molar-refractivity contribution in [1.82, 2.24) is 10.2 Å². The Morgan fingerprint density at radius 3 is 2.30 bits per heavy atom. The van der Waals surface area contributed by atoms with Gasteiger partial charge in [0.25, 0.3) is 0 Å². The standard InChI is InChI=1S/C19H30N2O2/c1-4-21(5-2)18(15-11-13-17(23-3)14-12-15)19(22)20-16-9-7-6-8-10-16/h11-14,16,18H,4-10H2,1-3H3,(H,20,22)/t18-/m0/s1. The number of likely N-dealkylation sites (N-methyl/N-ethyl adjacent to an activating group) is 1. The number of carbonyl (C=O) groups is 1. The summed E-state index contributed by atoms with van der Waals surface area (Å²) in [6.07, 6.45) is 5.97. The van der Waals surface area contributed by atoms with Crippen LogP contribution in [0.25, 0.3) is 0 Å². The van der Waals surface area contributed by atoms with Crippen LogP contribution in [-0.2, 0) is 4.79 Å². The molecule has 0 spiro atoms. The second kappa shape index (κ2) is 8.92. The molecule has 1 atom stereocenters. The number of hydrogen-bond donors (Lipinski definition) is 1. The van der Waals surface area contributed by atoms with Crippen molar-refractivity contribution in [1.29, 1.82) is 0 Å². The molecule has 1 N–H and O–H groups in total. The number of ether oxygens (including phenoxy) is 1. The van der Waals surface area contributed by atoms with Gasteiger partial charge in [0.15, 0.2) is 0 Å². The first-order valence-electron chi connectivity index (χ1n) is 8.88. The zero-order valence-electron chi connectivity index (χ0n) is 14.7. The molecule has 1 aromatic carbocycles. The van der Waals surface area contributed by atoms with E-state index in [0.29, 0.717) is 6.04 Å². The van der Waals surface area contributed by atoms with E-state index in [2.05, 4.69) is 24.1 Å². The van der Waals surface area contributed by atoms with Crippen LogP contribution in [0.5, 0.6) is 5.75 Å². The van der Waals surface area contributed by atoms with Gasteiger partial charge in [0.05, 0.1) is 7.11 Å². The molecule has 0 heterocycles. The molecule has 2 rings (SSSR count). The highest BCUT2D eigenvalue weighted by Gasteiger charge is 2.28. The fraction of sp³-hybridized carbons (Fsp3) is 0.632. The Hall–Kier alpha value is -1.55. The Balaban J connectivity index is 2.16. The third-order valence-electron chi connectivity index (χ3n) is 4.81. The minimum Gasteiger partial charge on any atom is -0.497 e. The average Bonchev–Trinajstić information content (AvgIpc) is 2.60. The van der Waals surface area contributed by atoms with Crippen molar-refractivity contribution in [2.45, 2.75) is 58.0 Å². The lowest BCUT2D eigenvalue weighted by Crippen LogP contribution is -2.45. The molecule has 23 heavy (non-hydrogen) atoms. The van der Waals surface area contributed by atoms with Crippen molar-refractivity contribution in [3.63, 3.8) is 0 Å². The fourth-order valence-corrected chi connectivity index (χ4v) is 3.43. The van der Waals surface area contributed by atoms with Gasteiger partial charge in [-0.3, -0.25) is 9.69 Å². The minimum atomic E-state index is -0.224. The highest BCUT2D eigenvalue weighted by atomic mass is 16.5. The molecule has 0 aromatic heterocycles. The number of rotatable bonds is 7. The number of methoxy groups -OCH3 is 1. The SMILES string of the molecule is CCN(CC)[C@H](C(=O)NC1CCCCC1)c1ccc(OC)cc1. The van der Waals surface area contributed by atoms with Crippen molar-refractivity contribution in [3.05, 3.63) is 29.8 Å². The normalized spacial score (nSPS) is 17.0. The van der Waals surface area contributed by atoms with E-state index in [1.165, 1.54) is 19.3 Å². The molecule has 1 saturated carbocycles. The number of hydrogen-bond acceptors (Lipinski definition) is 3. The van der Waals surface area contributed by atoms with Crippen LogP contribution in [0.4, 0.5) is 0 Å². The van der Waals surface area contributed by atoms with Crippen LogP contribution in [0.3, 0.4) is 0 Å². The molecule has 0 aliphatic heterocycles. The van der Waals surface area contributed by atoms with Gasteiger partial charge < -0.3 is 10.1 Å². The van der Waals surface area contributed by atoms with Gasteiger partial charge in [0.1, 0.15) is 11.8 Å². The Kier molecular flexibility index (Phi) is 6.90. The van der Waals surface area contributed by atoms with Crippen molar-refractivity contribution in [3.8, 4) is 5.75 Å². The lowest BCUT2D eigenvalue weighted by molar-refractivity contribution is -0.127. The summed E-state index contributed by atoms with van der Waals surface area (Å²) in [4.78, 5) is 15.1. The van der Waals surface area contributed by atoms with E-state index in [1.54, 1.807) is 7.11 Å². The van der Waals surface area contributed by atoms with E-state index in [4.69, 9.17) is 4.74 Å². The van der Waals surface area contributed by atoms with Crippen molar-refractivity contribution >= 4 is 5.91 Å². The van der Waals surface area contributed by atoms with Gasteiger partial charge in [-0.25, -0.2) is 0 Å². The fourth-order valence-electron chi connectivity index (χ4n) is 3.43. The smallest absolute Gasteiger partial charge is 0.242 e. The van der Waals surface area contributed by atoms with Gasteiger partial charge in [0.2, 0.25) is 5.91 Å². The first-order chi connectivity index (χ1) is 11.2. The Morgan fingerprint density at radius 2 is 1.78 bits per heavy atom. The predicted octanol–water partition coefficient (Wildman–Crippen LogP) is 3.53. The van der Waals surface area contributed by atoms with Gasteiger partial charge in [-0.05, 0) is 43.6 Å². The summed E-state index contributed by atoms with van der Waals surface area (Å²) < 4.78 is 5.23. The van der Waals surface area contributed by atoms with Crippen LogP contribution in [0, 0.1) is 0 Å². The molecule has 4 heteroatoms. The summed E-state index contributed by atoms with van der Waals surface area (Å²) in [6.45, 7) is 5.92. The van der Waals surface area contributed by atoms with Crippen molar-refractivity contribution < 1.29 is 9.53 Å². The molecular formula is C19H30N2O2. The van der Waals surface area contributed by atoms with E-state index in [0.717, 1.165) is 37.2 Å². The van der Waals surface area contributed by atoms with E-state index in [-0.39, 0.29) is 11.9 Å². The molecular weight excluding hydrogens is 288 g/mol. The summed E-state index contributed by atoms with van der Waals surface area (Å²) in [5.41, 5.74) is 1.03. The predicted molar refractivity (Wildman–Crippen MR) is 93.7 cm³/mol. The molecule has 1 amide bonds. The summed E-state index contributed by atoms with van der Waals surface area (Å²) in [6, 6.07) is 7.98.